The van der Waals surface area contributed by atoms with Crippen LogP contribution in [0.2, 0.25) is 0 Å². The lowest BCUT2D eigenvalue weighted by atomic mass is 10.1. The molecule has 0 bridgehead atoms. The van der Waals surface area contributed by atoms with Gasteiger partial charge in [0.25, 0.3) is 0 Å². The number of fused-ring (bicyclic) bond motifs is 1. The molecule has 0 aliphatic carbocycles. The van der Waals surface area contributed by atoms with E-state index in [9.17, 15) is 4.79 Å². The van der Waals surface area contributed by atoms with Gasteiger partial charge in [0.15, 0.2) is 6.23 Å². The van der Waals surface area contributed by atoms with Crippen molar-refractivity contribution in [3.8, 4) is 0 Å². The first-order valence-corrected chi connectivity index (χ1v) is 6.42. The van der Waals surface area contributed by atoms with Crippen molar-refractivity contribution in [1.29, 1.82) is 0 Å². The van der Waals surface area contributed by atoms with Gasteiger partial charge in [-0.3, -0.25) is 0 Å². The number of rotatable bonds is 3. The Morgan fingerprint density at radius 3 is 2.60 bits per heavy atom. The van der Waals surface area contributed by atoms with Crippen molar-refractivity contribution in [3.63, 3.8) is 0 Å². The predicted molar refractivity (Wildman–Crippen MR) is 75.9 cm³/mol. The molecular weight excluding hydrogens is 250 g/mol. The molecule has 1 aliphatic rings. The van der Waals surface area contributed by atoms with Crippen LogP contribution in [0.3, 0.4) is 0 Å². The van der Waals surface area contributed by atoms with Gasteiger partial charge in [-0.05, 0) is 17.7 Å². The van der Waals surface area contributed by atoms with E-state index in [0.717, 1.165) is 16.1 Å². The zero-order valence-corrected chi connectivity index (χ0v) is 10.8. The van der Waals surface area contributed by atoms with Crippen LogP contribution in [0.15, 0.2) is 65.2 Å². The maximum atomic E-state index is 11.1. The zero-order chi connectivity index (χ0) is 13.8. The second-order valence-electron chi connectivity index (χ2n) is 4.54. The summed E-state index contributed by atoms with van der Waals surface area (Å²) in [5, 5.41) is 1.76. The summed E-state index contributed by atoms with van der Waals surface area (Å²) in [6.07, 6.45) is 1.20. The number of nitrogens with zero attached hydrogens (tertiary/aromatic N) is 1. The lowest BCUT2D eigenvalue weighted by Crippen LogP contribution is -2.33. The molecule has 1 atom stereocenters. The van der Waals surface area contributed by atoms with Gasteiger partial charge in [-0.1, -0.05) is 48.5 Å². The van der Waals surface area contributed by atoms with Crippen molar-refractivity contribution < 1.29 is 9.53 Å². The molecule has 0 saturated heterocycles. The van der Waals surface area contributed by atoms with E-state index in [-0.39, 0.29) is 0 Å². The molecule has 0 N–H and O–H groups in total. The Morgan fingerprint density at radius 2 is 1.80 bits per heavy atom. The Bertz CT molecular complexity index is 774. The van der Waals surface area contributed by atoms with Crippen LogP contribution in [0.25, 0.3) is 6.08 Å². The predicted octanol–water partition coefficient (Wildman–Crippen LogP) is 1.40. The molecule has 0 amide bonds. The number of ether oxygens (including phenoxy) is 1. The van der Waals surface area contributed by atoms with Crippen LogP contribution in [0.4, 0.5) is 0 Å². The fourth-order valence-corrected chi connectivity index (χ4v) is 2.12. The largest absolute Gasteiger partial charge is 0.347 e. The molecule has 20 heavy (non-hydrogen) atoms. The van der Waals surface area contributed by atoms with Crippen molar-refractivity contribution in [2.75, 3.05) is 0 Å². The maximum absolute atomic E-state index is 11.1. The van der Waals surface area contributed by atoms with Crippen LogP contribution < -0.4 is 10.6 Å². The minimum atomic E-state index is -0.581. The number of hydrogen-bond donors (Lipinski definition) is 0. The molecule has 0 spiro atoms. The minimum absolute atomic E-state index is 0.413. The zero-order valence-electron chi connectivity index (χ0n) is 10.8. The van der Waals surface area contributed by atoms with Crippen molar-refractivity contribution in [2.24, 2.45) is 4.99 Å². The summed E-state index contributed by atoms with van der Waals surface area (Å²) in [5.74, 6) is 1.92. The quantitative estimate of drug-likeness (QED) is 0.785. The number of para-hydroxylation sites is 1. The van der Waals surface area contributed by atoms with Crippen LogP contribution in [-0.2, 0) is 16.1 Å². The second kappa shape index (κ2) is 5.66. The number of benzene rings is 2. The molecule has 3 rings (SSSR count). The van der Waals surface area contributed by atoms with Crippen LogP contribution in [0.5, 0.6) is 0 Å². The highest BCUT2D eigenvalue weighted by Crippen LogP contribution is 2.12. The molecule has 2 aromatic carbocycles. The topological polar surface area (TPSA) is 38.7 Å². The van der Waals surface area contributed by atoms with Gasteiger partial charge < -0.3 is 4.74 Å². The van der Waals surface area contributed by atoms with Gasteiger partial charge in [0.2, 0.25) is 0 Å². The molecule has 3 heteroatoms. The number of carbonyl (C=O) groups excluding carboxylic acids is 1. The fraction of sp³-hybridized carbons (Fsp3) is 0.118. The summed E-state index contributed by atoms with van der Waals surface area (Å²) in [6.45, 7) is 0.413. The van der Waals surface area contributed by atoms with Crippen LogP contribution in [0, 0.1) is 0 Å². The van der Waals surface area contributed by atoms with E-state index in [2.05, 4.69) is 4.99 Å². The van der Waals surface area contributed by atoms with Crippen LogP contribution in [0.1, 0.15) is 5.56 Å². The van der Waals surface area contributed by atoms with E-state index < -0.39 is 6.23 Å². The first-order chi connectivity index (χ1) is 9.86. The lowest BCUT2D eigenvalue weighted by molar-refractivity contribution is 0.0711. The van der Waals surface area contributed by atoms with E-state index in [1.165, 1.54) is 0 Å². The van der Waals surface area contributed by atoms with E-state index in [1.807, 2.05) is 60.5 Å². The van der Waals surface area contributed by atoms with Gasteiger partial charge >= 0.3 is 0 Å². The highest BCUT2D eigenvalue weighted by Gasteiger charge is 2.16. The molecule has 1 unspecified atom stereocenters. The summed E-state index contributed by atoms with van der Waals surface area (Å²) < 4.78 is 5.73. The van der Waals surface area contributed by atoms with E-state index in [1.54, 1.807) is 6.08 Å². The molecule has 0 fully saturated rings. The van der Waals surface area contributed by atoms with Gasteiger partial charge in [-0.15, -0.1) is 0 Å². The van der Waals surface area contributed by atoms with Gasteiger partial charge in [0.1, 0.15) is 5.94 Å². The summed E-state index contributed by atoms with van der Waals surface area (Å²) >= 11 is 0. The Balaban J connectivity index is 1.87. The minimum Gasteiger partial charge on any atom is -0.347 e. The van der Waals surface area contributed by atoms with E-state index >= 15 is 0 Å². The molecule has 0 saturated carbocycles. The monoisotopic (exact) mass is 263 g/mol. The van der Waals surface area contributed by atoms with Crippen LogP contribution in [-0.4, -0.2) is 12.2 Å². The molecule has 3 nitrogen and oxygen atoms in total. The summed E-state index contributed by atoms with van der Waals surface area (Å²) in [4.78, 5) is 15.5. The van der Waals surface area contributed by atoms with E-state index in [4.69, 9.17) is 4.74 Å². The third-order valence-electron chi connectivity index (χ3n) is 3.14. The standard InChI is InChI=1S/C17H13NO2/c19-11-15-10-14-8-4-5-9-16(14)18-17(15)20-12-13-6-2-1-3-7-13/h1-10,17H,12H2. The SMILES string of the molecule is O=C=C1C=c2ccccc2=NC1OCc1ccccc1. The molecule has 0 aromatic heterocycles. The fourth-order valence-electron chi connectivity index (χ4n) is 2.12. The second-order valence-corrected chi connectivity index (χ2v) is 4.54. The maximum Gasteiger partial charge on any atom is 0.185 e. The van der Waals surface area contributed by atoms with Crippen molar-refractivity contribution in [3.05, 3.63) is 76.3 Å². The molecule has 98 valence electrons. The molecule has 2 aromatic rings. The summed E-state index contributed by atoms with van der Waals surface area (Å²) in [7, 11) is 0. The first-order valence-electron chi connectivity index (χ1n) is 6.42. The van der Waals surface area contributed by atoms with Gasteiger partial charge in [-0.25, -0.2) is 9.79 Å². The highest BCUT2D eigenvalue weighted by molar-refractivity contribution is 5.70. The van der Waals surface area contributed by atoms with Gasteiger partial charge in [-0.2, -0.15) is 0 Å². The average molecular weight is 263 g/mol. The Labute approximate surface area is 116 Å². The lowest BCUT2D eigenvalue weighted by Gasteiger charge is -2.15. The molecule has 1 heterocycles. The van der Waals surface area contributed by atoms with Crippen LogP contribution >= 0.6 is 0 Å². The average Bonchev–Trinajstić information content (AvgIpc) is 2.53. The molecular formula is C17H13NO2. The third kappa shape index (κ3) is 2.59. The normalized spacial score (nSPS) is 16.6. The smallest absolute Gasteiger partial charge is 0.185 e. The van der Waals surface area contributed by atoms with Crippen molar-refractivity contribution in [2.45, 2.75) is 12.8 Å². The molecule has 0 radical (unpaired) electrons. The number of hydrogen-bond acceptors (Lipinski definition) is 3. The van der Waals surface area contributed by atoms with Crippen molar-refractivity contribution >= 4 is 12.0 Å². The van der Waals surface area contributed by atoms with Gasteiger partial charge in [0, 0.05) is 5.22 Å². The Hall–Kier alpha value is -2.48. The van der Waals surface area contributed by atoms with Gasteiger partial charge in [0.05, 0.1) is 17.5 Å². The van der Waals surface area contributed by atoms with E-state index in [0.29, 0.717) is 12.2 Å². The highest BCUT2D eigenvalue weighted by atomic mass is 16.5. The Morgan fingerprint density at radius 1 is 1.05 bits per heavy atom. The van der Waals surface area contributed by atoms with Crippen molar-refractivity contribution in [1.82, 2.24) is 0 Å². The Kier molecular flexibility index (Phi) is 3.55. The molecule has 1 aliphatic heterocycles. The summed E-state index contributed by atoms with van der Waals surface area (Å²) in [5.41, 5.74) is 1.48. The summed E-state index contributed by atoms with van der Waals surface area (Å²) in [6, 6.07) is 17.5. The third-order valence-corrected chi connectivity index (χ3v) is 3.14. The first kappa shape index (κ1) is 12.5.